The first-order valence-corrected chi connectivity index (χ1v) is 9.25. The molecule has 0 bridgehead atoms. The molecule has 2 unspecified atom stereocenters. The molecular weight excluding hydrogens is 272 g/mol. The highest BCUT2D eigenvalue weighted by atomic mass is 16.3. The number of allylic oxidation sites excluding steroid dienone is 1. The molecule has 2 nitrogen and oxygen atoms in total. The molecule has 0 radical (unpaired) electrons. The summed E-state index contributed by atoms with van der Waals surface area (Å²) in [7, 11) is 0. The van der Waals surface area contributed by atoms with Crippen LogP contribution in [0, 0.1) is 34.5 Å². The first-order chi connectivity index (χ1) is 10.4. The van der Waals surface area contributed by atoms with Crippen LogP contribution in [0.4, 0.5) is 0 Å². The summed E-state index contributed by atoms with van der Waals surface area (Å²) < 4.78 is 0. The molecule has 0 amide bonds. The molecular formula is C20H30O2. The Bertz CT molecular complexity index is 524. The van der Waals surface area contributed by atoms with Crippen molar-refractivity contribution in [3.63, 3.8) is 0 Å². The molecule has 4 fully saturated rings. The highest BCUT2D eigenvalue weighted by Gasteiger charge is 2.60. The van der Waals surface area contributed by atoms with Gasteiger partial charge in [-0.2, -0.15) is 0 Å². The summed E-state index contributed by atoms with van der Waals surface area (Å²) in [5, 5.41) is 10.1. The second-order valence-corrected chi connectivity index (χ2v) is 9.14. The first kappa shape index (κ1) is 14.9. The lowest BCUT2D eigenvalue weighted by atomic mass is 9.44. The Morgan fingerprint density at radius 1 is 1.14 bits per heavy atom. The molecule has 1 N–H and O–H groups in total. The summed E-state index contributed by atoms with van der Waals surface area (Å²) in [5.41, 5.74) is 1.64. The van der Waals surface area contributed by atoms with Crippen LogP contribution >= 0.6 is 0 Å². The fourth-order valence-corrected chi connectivity index (χ4v) is 6.99. The Morgan fingerprint density at radius 3 is 2.68 bits per heavy atom. The van der Waals surface area contributed by atoms with Crippen molar-refractivity contribution in [2.45, 2.75) is 71.3 Å². The highest BCUT2D eigenvalue weighted by Crippen LogP contribution is 2.66. The maximum Gasteiger partial charge on any atom is 0.139 e. The SMILES string of the molecule is C=C1C[C@@H]2[C@H](CC[C@]3(C)C(=O)CC[C@@H]23)[C@@]2(C)CCC(O)CC12. The van der Waals surface area contributed by atoms with E-state index in [0.717, 1.165) is 50.9 Å². The van der Waals surface area contributed by atoms with Gasteiger partial charge in [-0.05, 0) is 74.0 Å². The average molecular weight is 302 g/mol. The highest BCUT2D eigenvalue weighted by molar-refractivity contribution is 5.87. The fourth-order valence-electron chi connectivity index (χ4n) is 6.99. The normalized spacial score (nSPS) is 54.6. The van der Waals surface area contributed by atoms with Gasteiger partial charge in [0.05, 0.1) is 6.10 Å². The molecule has 0 spiro atoms. The number of carbonyl (C=O) groups is 1. The van der Waals surface area contributed by atoms with E-state index in [-0.39, 0.29) is 11.5 Å². The van der Waals surface area contributed by atoms with Gasteiger partial charge in [0.15, 0.2) is 0 Å². The first-order valence-electron chi connectivity index (χ1n) is 9.25. The molecule has 7 atom stereocenters. The number of carbonyl (C=O) groups excluding carboxylic acids is 1. The second-order valence-electron chi connectivity index (χ2n) is 9.14. The van der Waals surface area contributed by atoms with Crippen LogP contribution in [0.3, 0.4) is 0 Å². The summed E-state index contributed by atoms with van der Waals surface area (Å²) in [4.78, 5) is 12.4. The van der Waals surface area contributed by atoms with Crippen molar-refractivity contribution < 1.29 is 9.90 Å². The molecule has 22 heavy (non-hydrogen) atoms. The van der Waals surface area contributed by atoms with Crippen LogP contribution in [0.5, 0.6) is 0 Å². The molecule has 0 aromatic carbocycles. The lowest BCUT2D eigenvalue weighted by Crippen LogP contribution is -2.54. The van der Waals surface area contributed by atoms with Crippen molar-refractivity contribution in [1.82, 2.24) is 0 Å². The van der Waals surface area contributed by atoms with Crippen LogP contribution in [-0.2, 0) is 4.79 Å². The van der Waals surface area contributed by atoms with Crippen molar-refractivity contribution in [3.05, 3.63) is 12.2 Å². The van der Waals surface area contributed by atoms with E-state index in [4.69, 9.17) is 0 Å². The largest absolute Gasteiger partial charge is 0.393 e. The van der Waals surface area contributed by atoms with Crippen LogP contribution in [0.1, 0.15) is 65.2 Å². The van der Waals surface area contributed by atoms with Crippen LogP contribution < -0.4 is 0 Å². The Kier molecular flexibility index (Phi) is 3.18. The predicted molar refractivity (Wildman–Crippen MR) is 87.3 cm³/mol. The van der Waals surface area contributed by atoms with Crippen LogP contribution in [-0.4, -0.2) is 17.0 Å². The van der Waals surface area contributed by atoms with E-state index in [9.17, 15) is 9.90 Å². The molecule has 0 aromatic heterocycles. The standard InChI is InChI=1S/C20H30O2/c1-12-10-14-15-4-5-18(22)20(15,3)9-7-16(14)19(2)8-6-13(21)11-17(12)19/h13-17,21H,1,4-11H2,2-3H3/t13?,14-,15-,16-,17?,19+,20-/m0/s1. The number of hydrogen-bond acceptors (Lipinski definition) is 2. The second kappa shape index (κ2) is 4.69. The van der Waals surface area contributed by atoms with Gasteiger partial charge in [-0.15, -0.1) is 0 Å². The molecule has 4 saturated carbocycles. The predicted octanol–water partition coefficient (Wildman–Crippen LogP) is 4.13. The zero-order valence-electron chi connectivity index (χ0n) is 14.1. The molecule has 0 aromatic rings. The molecule has 4 aliphatic carbocycles. The van der Waals surface area contributed by atoms with Crippen LogP contribution in [0.2, 0.25) is 0 Å². The summed E-state index contributed by atoms with van der Waals surface area (Å²) in [6.07, 6.45) is 8.18. The van der Waals surface area contributed by atoms with E-state index in [1.807, 2.05) is 0 Å². The molecule has 4 aliphatic rings. The minimum Gasteiger partial charge on any atom is -0.393 e. The van der Waals surface area contributed by atoms with Gasteiger partial charge < -0.3 is 5.11 Å². The Labute approximate surface area is 134 Å². The van der Waals surface area contributed by atoms with E-state index in [1.54, 1.807) is 0 Å². The Balaban J connectivity index is 1.69. The molecule has 0 aliphatic heterocycles. The lowest BCUT2D eigenvalue weighted by Gasteiger charge is -2.60. The van der Waals surface area contributed by atoms with Gasteiger partial charge in [-0.1, -0.05) is 26.0 Å². The topological polar surface area (TPSA) is 37.3 Å². The zero-order valence-corrected chi connectivity index (χ0v) is 14.1. The molecule has 4 rings (SSSR count). The maximum absolute atomic E-state index is 12.4. The number of fused-ring (bicyclic) bond motifs is 5. The van der Waals surface area contributed by atoms with E-state index in [0.29, 0.717) is 29.0 Å². The fraction of sp³-hybridized carbons (Fsp3) is 0.850. The van der Waals surface area contributed by atoms with Crippen molar-refractivity contribution in [2.75, 3.05) is 0 Å². The van der Waals surface area contributed by atoms with Gasteiger partial charge in [0.2, 0.25) is 0 Å². The lowest BCUT2D eigenvalue weighted by molar-refractivity contribution is -0.136. The number of rotatable bonds is 0. The summed E-state index contributed by atoms with van der Waals surface area (Å²) in [5.74, 6) is 3.00. The van der Waals surface area contributed by atoms with Crippen LogP contribution in [0.15, 0.2) is 12.2 Å². The Hall–Kier alpha value is -0.630. The molecule has 0 heterocycles. The number of Topliss-reactive ketones (excluding diaryl/α,β-unsaturated/α-hetero) is 1. The monoisotopic (exact) mass is 302 g/mol. The maximum atomic E-state index is 12.4. The average Bonchev–Trinajstić information content (AvgIpc) is 2.77. The van der Waals surface area contributed by atoms with Crippen molar-refractivity contribution >= 4 is 5.78 Å². The van der Waals surface area contributed by atoms with Crippen LogP contribution in [0.25, 0.3) is 0 Å². The van der Waals surface area contributed by atoms with E-state index in [2.05, 4.69) is 20.4 Å². The summed E-state index contributed by atoms with van der Waals surface area (Å²) in [6, 6.07) is 0. The number of ketones is 1. The molecule has 2 heteroatoms. The van der Waals surface area contributed by atoms with Gasteiger partial charge in [0, 0.05) is 11.8 Å². The molecule has 122 valence electrons. The minimum absolute atomic E-state index is 0.0428. The van der Waals surface area contributed by atoms with Gasteiger partial charge in [0.25, 0.3) is 0 Å². The number of aliphatic hydroxyl groups is 1. The summed E-state index contributed by atoms with van der Waals surface area (Å²) in [6.45, 7) is 9.13. The third kappa shape index (κ3) is 1.79. The van der Waals surface area contributed by atoms with E-state index < -0.39 is 0 Å². The van der Waals surface area contributed by atoms with E-state index >= 15 is 0 Å². The van der Waals surface area contributed by atoms with Crippen molar-refractivity contribution in [1.29, 1.82) is 0 Å². The van der Waals surface area contributed by atoms with Crippen molar-refractivity contribution in [3.8, 4) is 0 Å². The third-order valence-electron chi connectivity index (χ3n) is 8.30. The summed E-state index contributed by atoms with van der Waals surface area (Å²) >= 11 is 0. The zero-order chi connectivity index (χ0) is 15.7. The number of aliphatic hydroxyl groups excluding tert-OH is 1. The quantitative estimate of drug-likeness (QED) is 0.683. The van der Waals surface area contributed by atoms with Gasteiger partial charge in [-0.3, -0.25) is 4.79 Å². The van der Waals surface area contributed by atoms with Gasteiger partial charge in [0.1, 0.15) is 5.78 Å². The minimum atomic E-state index is -0.131. The number of hydrogen-bond donors (Lipinski definition) is 1. The van der Waals surface area contributed by atoms with Gasteiger partial charge >= 0.3 is 0 Å². The van der Waals surface area contributed by atoms with Gasteiger partial charge in [-0.25, -0.2) is 0 Å². The Morgan fingerprint density at radius 2 is 1.91 bits per heavy atom. The van der Waals surface area contributed by atoms with E-state index in [1.165, 1.54) is 12.0 Å². The smallest absolute Gasteiger partial charge is 0.139 e. The molecule has 0 saturated heterocycles. The third-order valence-corrected chi connectivity index (χ3v) is 8.30. The van der Waals surface area contributed by atoms with Crippen molar-refractivity contribution in [2.24, 2.45) is 34.5 Å².